The average Bonchev–Trinajstić information content (AvgIpc) is 2.98. The number of thioether (sulfide) groups is 1. The molecular formula is C19H21ClN4O3S2. The van der Waals surface area contributed by atoms with E-state index in [0.717, 1.165) is 29.2 Å². The Kier molecular flexibility index (Phi) is 6.52. The van der Waals surface area contributed by atoms with Gasteiger partial charge in [-0.15, -0.1) is 0 Å². The van der Waals surface area contributed by atoms with Crippen LogP contribution in [0.4, 0.5) is 5.69 Å². The standard InChI is InChI=1S/C19H21ClN4O3S2/c1-3-10-24-17-9-4-13(20)11-16(17)23-19(24)28-12(2)18(25)22-14-5-7-15(8-6-14)29(21,26)27/h4-9,11-12H,3,10H2,1-2H3,(H,22,25)(H2,21,26,27)/t12-/m0/s1. The Morgan fingerprint density at radius 3 is 2.59 bits per heavy atom. The number of carbonyl (C=O) groups excluding carboxylic acids is 1. The first-order chi connectivity index (χ1) is 13.7. The topological polar surface area (TPSA) is 107 Å². The number of sulfonamides is 1. The average molecular weight is 453 g/mol. The molecule has 0 aliphatic heterocycles. The second-order valence-corrected chi connectivity index (χ2v) is 9.80. The lowest BCUT2D eigenvalue weighted by atomic mass is 10.3. The summed E-state index contributed by atoms with van der Waals surface area (Å²) in [6.45, 7) is 4.66. The third kappa shape index (κ3) is 5.11. The van der Waals surface area contributed by atoms with E-state index in [2.05, 4.69) is 21.8 Å². The fourth-order valence-corrected chi connectivity index (χ4v) is 4.43. The van der Waals surface area contributed by atoms with Crippen LogP contribution < -0.4 is 10.5 Å². The van der Waals surface area contributed by atoms with Crippen molar-refractivity contribution in [3.8, 4) is 0 Å². The number of nitrogens with one attached hydrogen (secondary N) is 1. The molecule has 0 bridgehead atoms. The maximum Gasteiger partial charge on any atom is 0.238 e. The molecule has 3 N–H and O–H groups in total. The molecule has 0 fully saturated rings. The summed E-state index contributed by atoms with van der Waals surface area (Å²) >= 11 is 7.43. The van der Waals surface area contributed by atoms with Gasteiger partial charge in [0, 0.05) is 17.3 Å². The van der Waals surface area contributed by atoms with E-state index in [1.165, 1.54) is 36.0 Å². The SMILES string of the molecule is CCCn1c(S[C@@H](C)C(=O)Nc2ccc(S(N)(=O)=O)cc2)nc2cc(Cl)ccc21. The van der Waals surface area contributed by atoms with Gasteiger partial charge in [0.2, 0.25) is 15.9 Å². The number of hydrogen-bond acceptors (Lipinski definition) is 5. The van der Waals surface area contributed by atoms with Gasteiger partial charge in [-0.2, -0.15) is 0 Å². The van der Waals surface area contributed by atoms with E-state index in [0.29, 0.717) is 10.7 Å². The van der Waals surface area contributed by atoms with Crippen LogP contribution in [0.5, 0.6) is 0 Å². The van der Waals surface area contributed by atoms with Crippen molar-refractivity contribution in [2.24, 2.45) is 5.14 Å². The number of rotatable bonds is 7. The van der Waals surface area contributed by atoms with Gasteiger partial charge in [-0.25, -0.2) is 18.5 Å². The highest BCUT2D eigenvalue weighted by Gasteiger charge is 2.20. The quantitative estimate of drug-likeness (QED) is 0.529. The Bertz CT molecular complexity index is 1140. The Hall–Kier alpha value is -2.07. The first-order valence-electron chi connectivity index (χ1n) is 8.95. The van der Waals surface area contributed by atoms with E-state index in [1.54, 1.807) is 6.92 Å². The van der Waals surface area contributed by atoms with Gasteiger partial charge in [-0.3, -0.25) is 4.79 Å². The van der Waals surface area contributed by atoms with Crippen LogP contribution >= 0.6 is 23.4 Å². The summed E-state index contributed by atoms with van der Waals surface area (Å²) in [6, 6.07) is 11.3. The number of anilines is 1. The molecule has 0 unspecified atom stereocenters. The van der Waals surface area contributed by atoms with E-state index < -0.39 is 15.3 Å². The van der Waals surface area contributed by atoms with Gasteiger partial charge < -0.3 is 9.88 Å². The van der Waals surface area contributed by atoms with Crippen LogP contribution in [0, 0.1) is 0 Å². The number of carbonyl (C=O) groups is 1. The second kappa shape index (κ2) is 8.74. The van der Waals surface area contributed by atoms with Gasteiger partial charge >= 0.3 is 0 Å². The number of amides is 1. The number of aromatic nitrogens is 2. The Morgan fingerprint density at radius 2 is 1.97 bits per heavy atom. The summed E-state index contributed by atoms with van der Waals surface area (Å²) in [5.74, 6) is -0.216. The number of aryl methyl sites for hydroxylation is 1. The van der Waals surface area contributed by atoms with Gasteiger partial charge in [0.05, 0.1) is 21.2 Å². The third-order valence-electron chi connectivity index (χ3n) is 4.22. The lowest BCUT2D eigenvalue weighted by Crippen LogP contribution is -2.23. The van der Waals surface area contributed by atoms with Crippen LogP contribution in [-0.2, 0) is 21.4 Å². The zero-order chi connectivity index (χ0) is 21.2. The van der Waals surface area contributed by atoms with Crippen molar-refractivity contribution in [1.82, 2.24) is 9.55 Å². The molecule has 3 rings (SSSR count). The fourth-order valence-electron chi connectivity index (χ4n) is 2.79. The second-order valence-electron chi connectivity index (χ2n) is 6.50. The molecule has 0 aliphatic rings. The van der Waals surface area contributed by atoms with Crippen molar-refractivity contribution in [3.63, 3.8) is 0 Å². The lowest BCUT2D eigenvalue weighted by molar-refractivity contribution is -0.115. The largest absolute Gasteiger partial charge is 0.325 e. The summed E-state index contributed by atoms with van der Waals surface area (Å²) in [7, 11) is -3.77. The van der Waals surface area contributed by atoms with Gasteiger partial charge in [0.25, 0.3) is 0 Å². The van der Waals surface area contributed by atoms with Crippen LogP contribution in [0.15, 0.2) is 52.5 Å². The normalized spacial score (nSPS) is 12.8. The zero-order valence-corrected chi connectivity index (χ0v) is 18.3. The molecule has 2 aromatic carbocycles. The molecule has 1 amide bonds. The first kappa shape index (κ1) is 21.6. The number of imidazole rings is 1. The number of halogens is 1. The van der Waals surface area contributed by atoms with Gasteiger partial charge in [0.15, 0.2) is 5.16 Å². The van der Waals surface area contributed by atoms with Gasteiger partial charge in [0.1, 0.15) is 0 Å². The van der Waals surface area contributed by atoms with Crippen molar-refractivity contribution < 1.29 is 13.2 Å². The molecule has 1 aromatic heterocycles. The highest BCUT2D eigenvalue weighted by Crippen LogP contribution is 2.29. The van der Waals surface area contributed by atoms with Gasteiger partial charge in [-0.1, -0.05) is 30.3 Å². The number of benzene rings is 2. The molecule has 1 atom stereocenters. The van der Waals surface area contributed by atoms with E-state index in [9.17, 15) is 13.2 Å². The molecule has 0 spiro atoms. The molecule has 7 nitrogen and oxygen atoms in total. The van der Waals surface area contributed by atoms with Crippen molar-refractivity contribution in [2.45, 2.75) is 42.1 Å². The van der Waals surface area contributed by atoms with Crippen LogP contribution in [-0.4, -0.2) is 29.1 Å². The van der Waals surface area contributed by atoms with Gasteiger partial charge in [-0.05, 0) is 55.8 Å². The third-order valence-corrected chi connectivity index (χ3v) is 6.48. The maximum atomic E-state index is 12.6. The first-order valence-corrected chi connectivity index (χ1v) is 11.8. The molecular weight excluding hydrogens is 432 g/mol. The smallest absolute Gasteiger partial charge is 0.238 e. The summed E-state index contributed by atoms with van der Waals surface area (Å²) in [5, 5.41) is 8.81. The number of nitrogens with zero attached hydrogens (tertiary/aromatic N) is 2. The van der Waals surface area contributed by atoms with Crippen LogP contribution in [0.1, 0.15) is 20.3 Å². The Balaban J connectivity index is 1.76. The molecule has 0 saturated carbocycles. The molecule has 3 aromatic rings. The maximum absolute atomic E-state index is 12.6. The van der Waals surface area contributed by atoms with Crippen molar-refractivity contribution in [2.75, 3.05) is 5.32 Å². The Labute approximate surface area is 178 Å². The molecule has 0 saturated heterocycles. The summed E-state index contributed by atoms with van der Waals surface area (Å²) < 4.78 is 24.7. The highest BCUT2D eigenvalue weighted by atomic mass is 35.5. The van der Waals surface area contributed by atoms with Crippen LogP contribution in [0.25, 0.3) is 11.0 Å². The minimum Gasteiger partial charge on any atom is -0.325 e. The van der Waals surface area contributed by atoms with E-state index in [1.807, 2.05) is 18.2 Å². The van der Waals surface area contributed by atoms with Crippen molar-refractivity contribution in [3.05, 3.63) is 47.5 Å². The summed E-state index contributed by atoms with van der Waals surface area (Å²) in [6.07, 6.45) is 0.929. The number of hydrogen-bond donors (Lipinski definition) is 2. The fraction of sp³-hybridized carbons (Fsp3) is 0.263. The number of fused-ring (bicyclic) bond motifs is 1. The zero-order valence-electron chi connectivity index (χ0n) is 15.9. The molecule has 154 valence electrons. The molecule has 29 heavy (non-hydrogen) atoms. The minimum atomic E-state index is -3.77. The monoisotopic (exact) mass is 452 g/mol. The summed E-state index contributed by atoms with van der Waals surface area (Å²) in [5.41, 5.74) is 2.26. The van der Waals surface area contributed by atoms with Crippen LogP contribution in [0.2, 0.25) is 5.02 Å². The minimum absolute atomic E-state index is 0.00938. The van der Waals surface area contributed by atoms with Crippen LogP contribution in [0.3, 0.4) is 0 Å². The molecule has 0 aliphatic carbocycles. The highest BCUT2D eigenvalue weighted by molar-refractivity contribution is 8.00. The van der Waals surface area contributed by atoms with E-state index >= 15 is 0 Å². The molecule has 1 heterocycles. The van der Waals surface area contributed by atoms with Crippen molar-refractivity contribution >= 4 is 56.0 Å². The lowest BCUT2D eigenvalue weighted by Gasteiger charge is -2.13. The molecule has 0 radical (unpaired) electrons. The predicted octanol–water partition coefficient (Wildman–Crippen LogP) is 3.87. The van der Waals surface area contributed by atoms with E-state index in [-0.39, 0.29) is 10.8 Å². The molecule has 10 heteroatoms. The Morgan fingerprint density at radius 1 is 1.28 bits per heavy atom. The van der Waals surface area contributed by atoms with Crippen molar-refractivity contribution in [1.29, 1.82) is 0 Å². The predicted molar refractivity (Wildman–Crippen MR) is 117 cm³/mol. The number of primary sulfonamides is 1. The number of nitrogens with two attached hydrogens (primary N) is 1. The summed E-state index contributed by atoms with van der Waals surface area (Å²) in [4.78, 5) is 17.2. The van der Waals surface area contributed by atoms with E-state index in [4.69, 9.17) is 16.7 Å².